The standard InChI is InChI=1S/C37H57Br3O7/c1-20-23-13-16-36(9)30(35(23,8)15-14-27(20)47-21(2)41)26(42)17-24-29(25(38)18-37(24,36)10)22(11-12-28(39)34(6,7)40)31(43)45-19-46-32(44)33(3,4)5/h20,23-28,30,42H,11-19H2,1-10H3/t20-,23?,24?,25+,26+,27+,28?,30?,35-,36-,37-/m0/s1. The number of alkyl halides is 3. The second-order valence-electron chi connectivity index (χ2n) is 17.3. The number of allylic oxidation sites excluding steroid dienone is 1. The van der Waals surface area contributed by atoms with Crippen LogP contribution in [0.3, 0.4) is 0 Å². The van der Waals surface area contributed by atoms with E-state index in [0.29, 0.717) is 30.8 Å². The molecule has 1 N–H and O–H groups in total. The zero-order valence-electron chi connectivity index (χ0n) is 30.0. The molecular weight excluding hydrogens is 796 g/mol. The molecule has 4 rings (SSSR count). The molecular formula is C37H57Br3O7. The van der Waals surface area contributed by atoms with Crippen LogP contribution in [0.5, 0.6) is 0 Å². The summed E-state index contributed by atoms with van der Waals surface area (Å²) < 4.78 is 16.6. The zero-order valence-corrected chi connectivity index (χ0v) is 34.8. The highest BCUT2D eigenvalue weighted by atomic mass is 79.9. The van der Waals surface area contributed by atoms with Gasteiger partial charge in [0.2, 0.25) is 6.79 Å². The molecule has 47 heavy (non-hydrogen) atoms. The van der Waals surface area contributed by atoms with Crippen molar-refractivity contribution in [3.63, 3.8) is 0 Å². The van der Waals surface area contributed by atoms with Gasteiger partial charge in [0.15, 0.2) is 0 Å². The number of carbonyl (C=O) groups excluding carboxylic acids is 3. The molecule has 0 heterocycles. The van der Waals surface area contributed by atoms with Crippen LogP contribution in [0, 0.1) is 45.3 Å². The maximum absolute atomic E-state index is 14.0. The van der Waals surface area contributed by atoms with Crippen LogP contribution >= 0.6 is 47.8 Å². The summed E-state index contributed by atoms with van der Waals surface area (Å²) in [6.07, 6.45) is 5.72. The van der Waals surface area contributed by atoms with Crippen molar-refractivity contribution < 1.29 is 33.7 Å². The second kappa shape index (κ2) is 13.9. The van der Waals surface area contributed by atoms with Crippen molar-refractivity contribution in [2.24, 2.45) is 45.3 Å². The van der Waals surface area contributed by atoms with E-state index in [0.717, 1.165) is 37.7 Å². The molecule has 4 aliphatic carbocycles. The van der Waals surface area contributed by atoms with Crippen LogP contribution in [0.4, 0.5) is 0 Å². The van der Waals surface area contributed by atoms with Crippen molar-refractivity contribution in [3.05, 3.63) is 11.1 Å². The average molecular weight is 854 g/mol. The minimum absolute atomic E-state index is 0.0106. The van der Waals surface area contributed by atoms with Gasteiger partial charge < -0.3 is 19.3 Å². The van der Waals surface area contributed by atoms with Gasteiger partial charge in [-0.05, 0) is 131 Å². The summed E-state index contributed by atoms with van der Waals surface area (Å²) in [6, 6.07) is 0. The zero-order chi connectivity index (χ0) is 35.5. The number of hydrogen-bond acceptors (Lipinski definition) is 7. The maximum Gasteiger partial charge on any atom is 0.336 e. The van der Waals surface area contributed by atoms with Crippen LogP contribution in [-0.4, -0.2) is 56.0 Å². The SMILES string of the molecule is CC(=O)O[C@@H]1CC[C@@]2(C)C(CC[C@@]3(C)C2[C@H](O)CC2C(=C(CCC(Br)C(C)(C)Br)C(=O)OCOC(=O)C(C)(C)C)[C@H](Br)C[C@@]23C)[C@@H]1C. The molecule has 0 radical (unpaired) electrons. The summed E-state index contributed by atoms with van der Waals surface area (Å²) in [5.74, 6) is -0.450. The Bertz CT molecular complexity index is 1250. The largest absolute Gasteiger partial charge is 0.462 e. The molecule has 4 aliphatic rings. The van der Waals surface area contributed by atoms with Crippen molar-refractivity contribution in [2.75, 3.05) is 6.79 Å². The first-order valence-corrected chi connectivity index (χ1v) is 20.0. The summed E-state index contributed by atoms with van der Waals surface area (Å²) in [6.45, 7) is 19.9. The lowest BCUT2D eigenvalue weighted by atomic mass is 9.36. The molecule has 0 amide bonds. The first kappa shape index (κ1) is 39.3. The van der Waals surface area contributed by atoms with E-state index in [-0.39, 0.29) is 60.1 Å². The Morgan fingerprint density at radius 3 is 2.23 bits per heavy atom. The Kier molecular flexibility index (Phi) is 11.7. The molecule has 11 atom stereocenters. The van der Waals surface area contributed by atoms with Crippen LogP contribution in [0.2, 0.25) is 0 Å². The minimum Gasteiger partial charge on any atom is -0.462 e. The average Bonchev–Trinajstić information content (AvgIpc) is 3.19. The van der Waals surface area contributed by atoms with Crippen LogP contribution in [0.1, 0.15) is 121 Å². The minimum atomic E-state index is -0.704. The molecule has 4 saturated carbocycles. The number of rotatable bonds is 8. The topological polar surface area (TPSA) is 99.1 Å². The summed E-state index contributed by atoms with van der Waals surface area (Å²) >= 11 is 11.6. The molecule has 0 bridgehead atoms. The summed E-state index contributed by atoms with van der Waals surface area (Å²) in [7, 11) is 0. The molecule has 0 aliphatic heterocycles. The fourth-order valence-electron chi connectivity index (χ4n) is 10.4. The number of carbonyl (C=O) groups is 3. The van der Waals surface area contributed by atoms with Gasteiger partial charge in [-0.25, -0.2) is 4.79 Å². The Morgan fingerprint density at radius 2 is 1.66 bits per heavy atom. The van der Waals surface area contributed by atoms with Gasteiger partial charge in [0, 0.05) is 26.5 Å². The van der Waals surface area contributed by atoms with E-state index >= 15 is 0 Å². The quantitative estimate of drug-likeness (QED) is 0.113. The van der Waals surface area contributed by atoms with Crippen molar-refractivity contribution >= 4 is 65.7 Å². The lowest BCUT2D eigenvalue weighted by molar-refractivity contribution is -0.235. The second-order valence-corrected chi connectivity index (χ2v) is 21.5. The van der Waals surface area contributed by atoms with Gasteiger partial charge in [-0.2, -0.15) is 0 Å². The molecule has 0 saturated heterocycles. The van der Waals surface area contributed by atoms with Crippen LogP contribution in [0.25, 0.3) is 0 Å². The van der Waals surface area contributed by atoms with Crippen LogP contribution in [-0.2, 0) is 28.6 Å². The molecule has 268 valence electrons. The first-order valence-electron chi connectivity index (χ1n) is 17.4. The molecule has 4 unspecified atom stereocenters. The van der Waals surface area contributed by atoms with E-state index in [4.69, 9.17) is 14.2 Å². The molecule has 7 nitrogen and oxygen atoms in total. The number of aliphatic hydroxyl groups excluding tert-OH is 1. The van der Waals surface area contributed by atoms with Gasteiger partial charge in [0.25, 0.3) is 0 Å². The first-order chi connectivity index (χ1) is 21.5. The van der Waals surface area contributed by atoms with Crippen molar-refractivity contribution in [1.82, 2.24) is 0 Å². The Morgan fingerprint density at radius 1 is 1.02 bits per heavy atom. The predicted molar refractivity (Wildman–Crippen MR) is 194 cm³/mol. The highest BCUT2D eigenvalue weighted by molar-refractivity contribution is 9.12. The van der Waals surface area contributed by atoms with Gasteiger partial charge >= 0.3 is 17.9 Å². The monoisotopic (exact) mass is 850 g/mol. The highest BCUT2D eigenvalue weighted by Crippen LogP contribution is 2.75. The van der Waals surface area contributed by atoms with Gasteiger partial charge in [0.1, 0.15) is 6.10 Å². The van der Waals surface area contributed by atoms with Gasteiger partial charge in [-0.3, -0.25) is 9.59 Å². The molecule has 0 aromatic carbocycles. The molecule has 4 fully saturated rings. The van der Waals surface area contributed by atoms with E-state index in [1.54, 1.807) is 20.8 Å². The summed E-state index contributed by atoms with van der Waals surface area (Å²) in [5.41, 5.74) is 0.521. The molecule has 0 aromatic heterocycles. The fraction of sp³-hybridized carbons (Fsp3) is 0.865. The normalized spacial score (nSPS) is 40.3. The van der Waals surface area contributed by atoms with Crippen molar-refractivity contribution in [1.29, 1.82) is 0 Å². The molecule has 10 heteroatoms. The summed E-state index contributed by atoms with van der Waals surface area (Å²) in [4.78, 5) is 38.3. The van der Waals surface area contributed by atoms with Gasteiger partial charge in [0.05, 0.1) is 11.5 Å². The van der Waals surface area contributed by atoms with Gasteiger partial charge in [-0.1, -0.05) is 75.5 Å². The van der Waals surface area contributed by atoms with Crippen LogP contribution in [0.15, 0.2) is 11.1 Å². The lowest BCUT2D eigenvalue weighted by Crippen LogP contribution is -2.65. The summed E-state index contributed by atoms with van der Waals surface area (Å²) in [5, 5.41) is 12.3. The van der Waals surface area contributed by atoms with Gasteiger partial charge in [-0.15, -0.1) is 0 Å². The van der Waals surface area contributed by atoms with E-state index in [9.17, 15) is 19.5 Å². The van der Waals surface area contributed by atoms with Crippen molar-refractivity contribution in [2.45, 2.75) is 147 Å². The predicted octanol–water partition coefficient (Wildman–Crippen LogP) is 9.04. The number of esters is 3. The third-order valence-corrected chi connectivity index (χ3v) is 16.5. The third-order valence-electron chi connectivity index (χ3n) is 13.0. The number of hydrogen-bond donors (Lipinski definition) is 1. The molecule has 0 aromatic rings. The van der Waals surface area contributed by atoms with E-state index in [1.165, 1.54) is 6.92 Å². The maximum atomic E-state index is 14.0. The van der Waals surface area contributed by atoms with Crippen LogP contribution < -0.4 is 0 Å². The Balaban J connectivity index is 1.70. The lowest BCUT2D eigenvalue weighted by Gasteiger charge is -2.69. The van der Waals surface area contributed by atoms with Crippen molar-refractivity contribution in [3.8, 4) is 0 Å². The Hall–Kier alpha value is -0.450. The number of aliphatic hydroxyl groups is 1. The highest BCUT2D eigenvalue weighted by Gasteiger charge is 2.70. The number of halogens is 3. The van der Waals surface area contributed by atoms with E-state index in [1.807, 2.05) is 0 Å². The van der Waals surface area contributed by atoms with E-state index in [2.05, 4.69) is 89.3 Å². The van der Waals surface area contributed by atoms with E-state index < -0.39 is 30.3 Å². The number of fused-ring (bicyclic) bond motifs is 5. The third kappa shape index (κ3) is 7.33. The Labute approximate surface area is 307 Å². The molecule has 0 spiro atoms. The fourth-order valence-corrected chi connectivity index (χ4v) is 12.1. The number of ether oxygens (including phenoxy) is 3. The smallest absolute Gasteiger partial charge is 0.336 e.